The van der Waals surface area contributed by atoms with E-state index >= 15 is 0 Å². The minimum Gasteiger partial charge on any atom is -0.307 e. The van der Waals surface area contributed by atoms with E-state index < -0.39 is 0 Å². The second kappa shape index (κ2) is 5.16. The van der Waals surface area contributed by atoms with E-state index in [9.17, 15) is 4.79 Å². The molecule has 1 heterocycles. The molecule has 1 aromatic carbocycles. The van der Waals surface area contributed by atoms with Gasteiger partial charge < -0.3 is 5.32 Å². The number of hydrogen-bond acceptors (Lipinski definition) is 3. The van der Waals surface area contributed by atoms with Crippen molar-refractivity contribution in [2.75, 3.05) is 0 Å². The molecule has 0 bridgehead atoms. The lowest BCUT2D eigenvalue weighted by atomic mass is 10.2. The van der Waals surface area contributed by atoms with Crippen molar-refractivity contribution in [2.45, 2.75) is 0 Å². The first-order valence-corrected chi connectivity index (χ1v) is 6.73. The van der Waals surface area contributed by atoms with E-state index in [0.29, 0.717) is 29.9 Å². The van der Waals surface area contributed by atoms with Crippen LogP contribution in [-0.2, 0) is 4.79 Å². The number of thiocarbonyl (C=S) groups is 1. The maximum atomic E-state index is 11.5. The van der Waals surface area contributed by atoms with Crippen LogP contribution in [0.2, 0.25) is 15.1 Å². The molecule has 0 aliphatic carbocycles. The van der Waals surface area contributed by atoms with E-state index in [4.69, 9.17) is 47.0 Å². The van der Waals surface area contributed by atoms with Crippen LogP contribution in [0.4, 0.5) is 0 Å². The fourth-order valence-corrected chi connectivity index (χ4v) is 2.90. The molecule has 0 radical (unpaired) electrons. The number of benzene rings is 1. The lowest BCUT2D eigenvalue weighted by Crippen LogP contribution is -2.17. The average molecular weight is 325 g/mol. The summed E-state index contributed by atoms with van der Waals surface area (Å²) in [5.74, 6) is -0.257. The number of thioether (sulfide) groups is 1. The van der Waals surface area contributed by atoms with E-state index in [-0.39, 0.29) is 5.91 Å². The largest absolute Gasteiger partial charge is 0.307 e. The Bertz CT molecular complexity index is 557. The van der Waals surface area contributed by atoms with Crippen LogP contribution in [-0.4, -0.2) is 10.2 Å². The van der Waals surface area contributed by atoms with Crippen LogP contribution >= 0.6 is 58.8 Å². The summed E-state index contributed by atoms with van der Waals surface area (Å²) < 4.78 is 0.413. The van der Waals surface area contributed by atoms with Gasteiger partial charge in [0.15, 0.2) is 0 Å². The number of carbonyl (C=O) groups is 1. The Kier molecular flexibility index (Phi) is 4.00. The number of halogens is 3. The lowest BCUT2D eigenvalue weighted by molar-refractivity contribution is -0.115. The summed E-state index contributed by atoms with van der Waals surface area (Å²) in [4.78, 5) is 11.9. The number of rotatable bonds is 1. The van der Waals surface area contributed by atoms with Crippen LogP contribution in [0, 0.1) is 0 Å². The third kappa shape index (κ3) is 2.77. The smallest absolute Gasteiger partial charge is 0.263 e. The Morgan fingerprint density at radius 3 is 2.47 bits per heavy atom. The Hall–Kier alpha value is -0.260. The molecule has 1 N–H and O–H groups in total. The predicted molar refractivity (Wildman–Crippen MR) is 77.8 cm³/mol. The maximum absolute atomic E-state index is 11.5. The van der Waals surface area contributed by atoms with Crippen molar-refractivity contribution in [1.82, 2.24) is 5.32 Å². The number of hydrogen-bond donors (Lipinski definition) is 1. The molecule has 0 spiro atoms. The summed E-state index contributed by atoms with van der Waals surface area (Å²) in [7, 11) is 0. The summed E-state index contributed by atoms with van der Waals surface area (Å²) in [6.45, 7) is 0. The SMILES string of the molecule is O=C1NC(=S)SC1=Cc1c(Cl)ccc(Cl)c1Cl. The first-order valence-electron chi connectivity index (χ1n) is 4.37. The zero-order chi connectivity index (χ0) is 12.6. The summed E-state index contributed by atoms with van der Waals surface area (Å²) in [5, 5.41) is 3.64. The summed E-state index contributed by atoms with van der Waals surface area (Å²) in [6.07, 6.45) is 1.58. The standard InChI is InChI=1S/C10H4Cl3NOS2/c11-5-1-2-6(12)8(13)4(5)3-7-9(15)14-10(16)17-7/h1-3H,(H,14,15,16). The molecular weight excluding hydrogens is 321 g/mol. The van der Waals surface area contributed by atoms with Gasteiger partial charge in [0, 0.05) is 10.6 Å². The fourth-order valence-electron chi connectivity index (χ4n) is 1.23. The topological polar surface area (TPSA) is 29.1 Å². The Balaban J connectivity index is 2.49. The van der Waals surface area contributed by atoms with Gasteiger partial charge in [0.05, 0.1) is 15.0 Å². The normalized spacial score (nSPS) is 17.7. The molecular formula is C10H4Cl3NOS2. The van der Waals surface area contributed by atoms with Gasteiger partial charge in [-0.1, -0.05) is 58.8 Å². The molecule has 2 rings (SSSR count). The quantitative estimate of drug-likeness (QED) is 0.478. The zero-order valence-electron chi connectivity index (χ0n) is 8.09. The van der Waals surface area contributed by atoms with Gasteiger partial charge in [-0.25, -0.2) is 0 Å². The Morgan fingerprint density at radius 1 is 1.24 bits per heavy atom. The van der Waals surface area contributed by atoms with Gasteiger partial charge in [-0.3, -0.25) is 4.79 Å². The molecule has 0 saturated carbocycles. The molecule has 0 unspecified atom stereocenters. The third-order valence-electron chi connectivity index (χ3n) is 2.00. The molecule has 7 heteroatoms. The fraction of sp³-hybridized carbons (Fsp3) is 0. The molecule has 1 amide bonds. The van der Waals surface area contributed by atoms with Crippen LogP contribution in [0.15, 0.2) is 17.0 Å². The van der Waals surface area contributed by atoms with Gasteiger partial charge in [-0.2, -0.15) is 0 Å². The van der Waals surface area contributed by atoms with Gasteiger partial charge in [0.25, 0.3) is 5.91 Å². The van der Waals surface area contributed by atoms with Gasteiger partial charge in [-0.15, -0.1) is 0 Å². The minimum absolute atomic E-state index is 0.257. The average Bonchev–Trinajstić information content (AvgIpc) is 2.58. The minimum atomic E-state index is -0.257. The van der Waals surface area contributed by atoms with Crippen LogP contribution in [0.25, 0.3) is 6.08 Å². The first kappa shape index (κ1) is 13.2. The highest BCUT2D eigenvalue weighted by atomic mass is 35.5. The Labute approximate surface area is 122 Å². The predicted octanol–water partition coefficient (Wildman–Crippen LogP) is 4.14. The third-order valence-corrected chi connectivity index (χ3v) is 4.31. The van der Waals surface area contributed by atoms with Crippen molar-refractivity contribution in [3.63, 3.8) is 0 Å². The second-order valence-electron chi connectivity index (χ2n) is 3.11. The zero-order valence-corrected chi connectivity index (χ0v) is 12.0. The number of nitrogens with one attached hydrogen (secondary N) is 1. The van der Waals surface area contributed by atoms with Crippen molar-refractivity contribution in [3.05, 3.63) is 37.7 Å². The molecule has 1 fully saturated rings. The van der Waals surface area contributed by atoms with Crippen LogP contribution in [0.1, 0.15) is 5.56 Å². The van der Waals surface area contributed by atoms with E-state index in [1.807, 2.05) is 0 Å². The first-order chi connectivity index (χ1) is 7.99. The monoisotopic (exact) mass is 323 g/mol. The second-order valence-corrected chi connectivity index (χ2v) is 6.02. The van der Waals surface area contributed by atoms with Gasteiger partial charge >= 0.3 is 0 Å². The molecule has 1 aliphatic heterocycles. The molecule has 0 aromatic heterocycles. The summed E-state index contributed by atoms with van der Waals surface area (Å²) in [5.41, 5.74) is 0.517. The van der Waals surface area contributed by atoms with E-state index in [1.165, 1.54) is 0 Å². The van der Waals surface area contributed by atoms with Crippen molar-refractivity contribution in [2.24, 2.45) is 0 Å². The summed E-state index contributed by atoms with van der Waals surface area (Å²) >= 11 is 24.0. The van der Waals surface area contributed by atoms with Crippen LogP contribution < -0.4 is 5.32 Å². The number of carbonyl (C=O) groups excluding carboxylic acids is 1. The molecule has 1 aliphatic rings. The van der Waals surface area contributed by atoms with Crippen molar-refractivity contribution in [3.8, 4) is 0 Å². The highest BCUT2D eigenvalue weighted by molar-refractivity contribution is 8.26. The van der Waals surface area contributed by atoms with E-state index in [2.05, 4.69) is 5.32 Å². The molecule has 1 saturated heterocycles. The highest BCUT2D eigenvalue weighted by Gasteiger charge is 2.23. The molecule has 88 valence electrons. The van der Waals surface area contributed by atoms with E-state index in [1.54, 1.807) is 18.2 Å². The van der Waals surface area contributed by atoms with Gasteiger partial charge in [-0.05, 0) is 18.2 Å². The van der Waals surface area contributed by atoms with Crippen LogP contribution in [0.5, 0.6) is 0 Å². The highest BCUT2D eigenvalue weighted by Crippen LogP contribution is 2.35. The van der Waals surface area contributed by atoms with E-state index in [0.717, 1.165) is 11.8 Å². The maximum Gasteiger partial charge on any atom is 0.263 e. The number of amides is 1. The summed E-state index contributed by atoms with van der Waals surface area (Å²) in [6, 6.07) is 3.22. The lowest BCUT2D eigenvalue weighted by Gasteiger charge is -2.04. The Morgan fingerprint density at radius 2 is 1.88 bits per heavy atom. The molecule has 17 heavy (non-hydrogen) atoms. The van der Waals surface area contributed by atoms with Crippen molar-refractivity contribution in [1.29, 1.82) is 0 Å². The van der Waals surface area contributed by atoms with Crippen molar-refractivity contribution >= 4 is 75.1 Å². The van der Waals surface area contributed by atoms with Gasteiger partial charge in [0.2, 0.25) is 0 Å². The van der Waals surface area contributed by atoms with Crippen LogP contribution in [0.3, 0.4) is 0 Å². The van der Waals surface area contributed by atoms with Gasteiger partial charge in [0.1, 0.15) is 4.32 Å². The molecule has 2 nitrogen and oxygen atoms in total. The van der Waals surface area contributed by atoms with Crippen molar-refractivity contribution < 1.29 is 4.79 Å². The molecule has 0 atom stereocenters. The molecule has 1 aromatic rings.